The first-order valence-corrected chi connectivity index (χ1v) is 6.54. The summed E-state index contributed by atoms with van der Waals surface area (Å²) < 4.78 is 0. The maximum atomic E-state index is 11.7. The van der Waals surface area contributed by atoms with Gasteiger partial charge in [0.25, 0.3) is 5.91 Å². The molecule has 0 bridgehead atoms. The summed E-state index contributed by atoms with van der Waals surface area (Å²) in [7, 11) is 0. The molecule has 20 heavy (non-hydrogen) atoms. The lowest BCUT2D eigenvalue weighted by molar-refractivity contribution is -0.125. The van der Waals surface area contributed by atoms with Crippen molar-refractivity contribution in [3.05, 3.63) is 53.6 Å². The maximum absolute atomic E-state index is 11.7. The molecule has 0 radical (unpaired) electrons. The molecule has 4 nitrogen and oxygen atoms in total. The molecule has 3 rings (SSSR count). The fourth-order valence-corrected chi connectivity index (χ4v) is 2.46. The Morgan fingerprint density at radius 1 is 1.15 bits per heavy atom. The van der Waals surface area contributed by atoms with E-state index in [2.05, 4.69) is 0 Å². The zero-order valence-electron chi connectivity index (χ0n) is 11.2. The number of rotatable bonds is 1. The van der Waals surface area contributed by atoms with Crippen molar-refractivity contribution in [2.45, 2.75) is 19.4 Å². The molecule has 2 aromatic rings. The monoisotopic (exact) mass is 268 g/mol. The number of hydrogen-bond donors (Lipinski definition) is 2. The minimum Gasteiger partial charge on any atom is -0.320 e. The molecule has 2 aromatic carbocycles. The second kappa shape index (κ2) is 4.74. The minimum absolute atomic E-state index is 0.458. The number of anilines is 1. The van der Waals surface area contributed by atoms with Crippen LogP contribution in [0.5, 0.6) is 0 Å². The molecule has 0 fully saturated rings. The number of hydrogen-bond acceptors (Lipinski definition) is 3. The maximum Gasteiger partial charge on any atom is 0.267 e. The number of benzene rings is 2. The van der Waals surface area contributed by atoms with Crippen LogP contribution in [0.15, 0.2) is 42.5 Å². The number of nitrogens with zero attached hydrogens (tertiary/aromatic N) is 1. The van der Waals surface area contributed by atoms with E-state index < -0.39 is 11.9 Å². The summed E-state index contributed by atoms with van der Waals surface area (Å²) in [5, 5.41) is 10.6. The highest BCUT2D eigenvalue weighted by atomic mass is 16.5. The van der Waals surface area contributed by atoms with E-state index >= 15 is 0 Å². The van der Waals surface area contributed by atoms with Crippen molar-refractivity contribution in [1.82, 2.24) is 0 Å². The number of aryl methyl sites for hydroxylation is 1. The SMILES string of the molecule is Cc1ccc(-c2ccc3c(c2)N(O)C(=O)C(N)C3)cc1. The summed E-state index contributed by atoms with van der Waals surface area (Å²) in [5.74, 6) is -0.460. The standard InChI is InChI=1S/C16H16N2O2/c1-10-2-4-11(5-3-10)12-6-7-13-8-14(17)16(19)18(20)15(13)9-12/h2-7,9,14,20H,8,17H2,1H3. The summed E-state index contributed by atoms with van der Waals surface area (Å²) in [6, 6.07) is 13.2. The Balaban J connectivity index is 2.05. The highest BCUT2D eigenvalue weighted by Gasteiger charge is 2.29. The number of fused-ring (bicyclic) bond motifs is 1. The Hall–Kier alpha value is -2.17. The average Bonchev–Trinajstić information content (AvgIpc) is 2.46. The third-order valence-corrected chi connectivity index (χ3v) is 3.66. The van der Waals surface area contributed by atoms with Crippen molar-refractivity contribution >= 4 is 11.6 Å². The third kappa shape index (κ3) is 2.09. The molecule has 1 heterocycles. The minimum atomic E-state index is -0.669. The van der Waals surface area contributed by atoms with E-state index in [0.29, 0.717) is 17.2 Å². The van der Waals surface area contributed by atoms with Gasteiger partial charge in [-0.3, -0.25) is 10.0 Å². The van der Waals surface area contributed by atoms with Gasteiger partial charge < -0.3 is 5.73 Å². The highest BCUT2D eigenvalue weighted by molar-refractivity contribution is 5.98. The molecule has 1 amide bonds. The predicted octanol–water partition coefficient (Wildman–Crippen LogP) is 2.27. The van der Waals surface area contributed by atoms with Crippen molar-refractivity contribution in [2.75, 3.05) is 5.06 Å². The Bertz CT molecular complexity index is 665. The van der Waals surface area contributed by atoms with Gasteiger partial charge in [0.05, 0.1) is 11.7 Å². The Labute approximate surface area is 117 Å². The molecule has 0 saturated heterocycles. The quantitative estimate of drug-likeness (QED) is 0.780. The van der Waals surface area contributed by atoms with Crippen molar-refractivity contribution in [2.24, 2.45) is 5.73 Å². The molecule has 1 unspecified atom stereocenters. The van der Waals surface area contributed by atoms with Gasteiger partial charge >= 0.3 is 0 Å². The molecule has 102 valence electrons. The molecular weight excluding hydrogens is 252 g/mol. The van der Waals surface area contributed by atoms with Crippen LogP contribution in [0, 0.1) is 6.92 Å². The van der Waals surface area contributed by atoms with Gasteiger partial charge in [-0.15, -0.1) is 0 Å². The van der Waals surface area contributed by atoms with E-state index in [9.17, 15) is 10.0 Å². The van der Waals surface area contributed by atoms with Crippen molar-refractivity contribution in [1.29, 1.82) is 0 Å². The molecule has 0 aromatic heterocycles. The number of carbonyl (C=O) groups excluding carboxylic acids is 1. The fraction of sp³-hybridized carbons (Fsp3) is 0.188. The first-order valence-electron chi connectivity index (χ1n) is 6.54. The Morgan fingerprint density at radius 2 is 1.80 bits per heavy atom. The van der Waals surface area contributed by atoms with Crippen LogP contribution in [-0.2, 0) is 11.2 Å². The Kier molecular flexibility index (Phi) is 3.04. The smallest absolute Gasteiger partial charge is 0.267 e. The second-order valence-electron chi connectivity index (χ2n) is 5.17. The zero-order chi connectivity index (χ0) is 14.3. The molecule has 0 spiro atoms. The van der Waals surface area contributed by atoms with Crippen LogP contribution in [0.25, 0.3) is 11.1 Å². The van der Waals surface area contributed by atoms with Gasteiger partial charge in [-0.05, 0) is 36.1 Å². The van der Waals surface area contributed by atoms with Crippen LogP contribution in [0.3, 0.4) is 0 Å². The van der Waals surface area contributed by atoms with E-state index in [1.165, 1.54) is 5.56 Å². The molecule has 1 aliphatic rings. The van der Waals surface area contributed by atoms with Gasteiger partial charge in [-0.1, -0.05) is 42.0 Å². The van der Waals surface area contributed by atoms with Gasteiger partial charge in [0.2, 0.25) is 0 Å². The lowest BCUT2D eigenvalue weighted by Crippen LogP contribution is -2.47. The molecule has 0 aliphatic carbocycles. The Morgan fingerprint density at radius 3 is 2.50 bits per heavy atom. The van der Waals surface area contributed by atoms with E-state index in [1.54, 1.807) is 0 Å². The predicted molar refractivity (Wildman–Crippen MR) is 77.6 cm³/mol. The summed E-state index contributed by atoms with van der Waals surface area (Å²) in [6.45, 7) is 2.03. The van der Waals surface area contributed by atoms with Crippen molar-refractivity contribution < 1.29 is 10.0 Å². The van der Waals surface area contributed by atoms with Crippen LogP contribution in [0.4, 0.5) is 5.69 Å². The van der Waals surface area contributed by atoms with Crippen LogP contribution in [0.1, 0.15) is 11.1 Å². The molecule has 0 saturated carbocycles. The second-order valence-corrected chi connectivity index (χ2v) is 5.17. The average molecular weight is 268 g/mol. The van der Waals surface area contributed by atoms with Gasteiger partial charge in [0.15, 0.2) is 0 Å². The van der Waals surface area contributed by atoms with Crippen molar-refractivity contribution in [3.8, 4) is 11.1 Å². The van der Waals surface area contributed by atoms with Gasteiger partial charge in [-0.25, -0.2) is 0 Å². The number of amides is 1. The van der Waals surface area contributed by atoms with Crippen LogP contribution < -0.4 is 10.8 Å². The molecule has 1 atom stereocenters. The van der Waals surface area contributed by atoms with Crippen LogP contribution in [0.2, 0.25) is 0 Å². The normalized spacial score (nSPS) is 18.1. The van der Waals surface area contributed by atoms with Gasteiger partial charge in [0.1, 0.15) is 0 Å². The van der Waals surface area contributed by atoms with E-state index in [4.69, 9.17) is 5.73 Å². The van der Waals surface area contributed by atoms with E-state index in [-0.39, 0.29) is 0 Å². The number of carbonyl (C=O) groups is 1. The fourth-order valence-electron chi connectivity index (χ4n) is 2.46. The van der Waals surface area contributed by atoms with Crippen LogP contribution >= 0.6 is 0 Å². The van der Waals surface area contributed by atoms with E-state index in [0.717, 1.165) is 16.7 Å². The number of hydroxylamine groups is 1. The highest BCUT2D eigenvalue weighted by Crippen LogP contribution is 2.31. The number of nitrogens with two attached hydrogens (primary N) is 1. The van der Waals surface area contributed by atoms with Gasteiger partial charge in [0, 0.05) is 0 Å². The third-order valence-electron chi connectivity index (χ3n) is 3.66. The topological polar surface area (TPSA) is 66.6 Å². The van der Waals surface area contributed by atoms with Crippen molar-refractivity contribution in [3.63, 3.8) is 0 Å². The largest absolute Gasteiger partial charge is 0.320 e. The van der Waals surface area contributed by atoms with Gasteiger partial charge in [-0.2, -0.15) is 5.06 Å². The summed E-state index contributed by atoms with van der Waals surface area (Å²) in [6.07, 6.45) is 0.458. The summed E-state index contributed by atoms with van der Waals surface area (Å²) in [5.41, 5.74) is 10.3. The van der Waals surface area contributed by atoms with Crippen LogP contribution in [-0.4, -0.2) is 17.2 Å². The van der Waals surface area contributed by atoms with E-state index in [1.807, 2.05) is 49.4 Å². The first kappa shape index (κ1) is 12.8. The summed E-state index contributed by atoms with van der Waals surface area (Å²) in [4.78, 5) is 11.7. The molecule has 4 heteroatoms. The zero-order valence-corrected chi connectivity index (χ0v) is 11.2. The summed E-state index contributed by atoms with van der Waals surface area (Å²) >= 11 is 0. The first-order chi connectivity index (χ1) is 9.56. The molecule has 3 N–H and O–H groups in total. The molecular formula is C16H16N2O2. The lowest BCUT2D eigenvalue weighted by atomic mass is 9.95. The molecule has 1 aliphatic heterocycles. The lowest BCUT2D eigenvalue weighted by Gasteiger charge is -2.28.